The molecule has 6 atom stereocenters. The van der Waals surface area contributed by atoms with Crippen LogP contribution in [0.15, 0.2) is 30.5 Å². The average Bonchev–Trinajstić information content (AvgIpc) is 3.13. The van der Waals surface area contributed by atoms with Crippen LogP contribution in [0, 0.1) is 11.8 Å². The minimum Gasteiger partial charge on any atom is -0.359 e. The normalized spacial score (nSPS) is 39.9. The molecule has 3 saturated heterocycles. The number of hydrogen-bond acceptors (Lipinski definition) is 5. The highest BCUT2D eigenvalue weighted by molar-refractivity contribution is 5.91. The summed E-state index contributed by atoms with van der Waals surface area (Å²) in [5, 5.41) is 0. The molecule has 5 heteroatoms. The van der Waals surface area contributed by atoms with E-state index in [9.17, 15) is 9.59 Å². The second-order valence-electron chi connectivity index (χ2n) is 6.74. The maximum Gasteiger partial charge on any atom is 0.218 e. The predicted octanol–water partition coefficient (Wildman–Crippen LogP) is 1.54. The predicted molar refractivity (Wildman–Crippen MR) is 81.1 cm³/mol. The lowest BCUT2D eigenvalue weighted by molar-refractivity contribution is -0.165. The van der Waals surface area contributed by atoms with E-state index >= 15 is 0 Å². The Morgan fingerprint density at radius 1 is 1.30 bits per heavy atom. The van der Waals surface area contributed by atoms with Crippen LogP contribution in [0.1, 0.15) is 24.1 Å². The first-order chi connectivity index (χ1) is 11.2. The van der Waals surface area contributed by atoms with Crippen LogP contribution in [0.4, 0.5) is 0 Å². The highest BCUT2D eigenvalue weighted by Gasteiger charge is 2.63. The molecule has 4 aliphatic rings. The zero-order valence-electron chi connectivity index (χ0n) is 12.7. The number of Topliss-reactive ketones (excluding diaryl/α,β-unsaturated/α-hetero) is 2. The van der Waals surface area contributed by atoms with E-state index in [1.165, 1.54) is 0 Å². The van der Waals surface area contributed by atoms with E-state index < -0.39 is 6.29 Å². The van der Waals surface area contributed by atoms with Gasteiger partial charge in [0.05, 0.1) is 30.7 Å². The number of benzene rings is 1. The molecule has 0 aliphatic carbocycles. The minimum absolute atomic E-state index is 0.0207. The van der Waals surface area contributed by atoms with E-state index in [4.69, 9.17) is 9.47 Å². The van der Waals surface area contributed by atoms with Gasteiger partial charge in [-0.15, -0.1) is 0 Å². The molecular formula is C18H17NO4. The number of fused-ring (bicyclic) bond motifs is 8. The number of carbonyl (C=O) groups is 2. The Morgan fingerprint density at radius 2 is 2.13 bits per heavy atom. The van der Waals surface area contributed by atoms with Gasteiger partial charge in [-0.05, 0) is 24.1 Å². The molecule has 3 fully saturated rings. The second kappa shape index (κ2) is 4.52. The van der Waals surface area contributed by atoms with Crippen molar-refractivity contribution in [1.82, 2.24) is 4.90 Å². The molecule has 0 saturated carbocycles. The third kappa shape index (κ3) is 1.64. The van der Waals surface area contributed by atoms with Crippen molar-refractivity contribution in [3.8, 4) is 0 Å². The Kier molecular flexibility index (Phi) is 2.65. The van der Waals surface area contributed by atoms with Crippen LogP contribution in [-0.2, 0) is 19.1 Å². The van der Waals surface area contributed by atoms with Crippen LogP contribution >= 0.6 is 0 Å². The Labute approximate surface area is 133 Å². The molecule has 0 radical (unpaired) electrons. The fourth-order valence-corrected chi connectivity index (χ4v) is 4.79. The van der Waals surface area contributed by atoms with E-state index in [1.54, 1.807) is 6.92 Å². The summed E-state index contributed by atoms with van der Waals surface area (Å²) < 4.78 is 11.2. The summed E-state index contributed by atoms with van der Waals surface area (Å²) in [7, 11) is 0. The largest absolute Gasteiger partial charge is 0.359 e. The van der Waals surface area contributed by atoms with Gasteiger partial charge in [-0.25, -0.2) is 0 Å². The van der Waals surface area contributed by atoms with E-state index in [0.717, 1.165) is 11.1 Å². The molecular weight excluding hydrogens is 294 g/mol. The van der Waals surface area contributed by atoms with Crippen LogP contribution in [-0.4, -0.2) is 41.5 Å². The molecule has 0 aromatic heterocycles. The van der Waals surface area contributed by atoms with Gasteiger partial charge in [0.1, 0.15) is 0 Å². The fourth-order valence-electron chi connectivity index (χ4n) is 4.79. The first-order valence-electron chi connectivity index (χ1n) is 8.02. The van der Waals surface area contributed by atoms with E-state index in [2.05, 4.69) is 11.0 Å². The van der Waals surface area contributed by atoms with Crippen LogP contribution < -0.4 is 0 Å². The van der Waals surface area contributed by atoms with Gasteiger partial charge in [-0.2, -0.15) is 0 Å². The third-order valence-corrected chi connectivity index (χ3v) is 5.62. The molecule has 118 valence electrons. The number of ether oxygens (including phenoxy) is 2. The van der Waals surface area contributed by atoms with E-state index in [0.29, 0.717) is 6.61 Å². The number of rotatable bonds is 1. The Balaban J connectivity index is 1.70. The zero-order chi connectivity index (χ0) is 15.7. The highest BCUT2D eigenvalue weighted by Crippen LogP contribution is 2.54. The minimum atomic E-state index is -0.758. The smallest absolute Gasteiger partial charge is 0.218 e. The van der Waals surface area contributed by atoms with Crippen LogP contribution in [0.25, 0.3) is 6.08 Å². The number of hydrogen-bond donors (Lipinski definition) is 0. The maximum absolute atomic E-state index is 12.9. The Bertz CT molecular complexity index is 742. The van der Waals surface area contributed by atoms with Gasteiger partial charge >= 0.3 is 0 Å². The first kappa shape index (κ1) is 13.5. The van der Waals surface area contributed by atoms with Crippen LogP contribution in [0.5, 0.6) is 0 Å². The third-order valence-electron chi connectivity index (χ3n) is 5.62. The molecule has 0 N–H and O–H groups in total. The summed E-state index contributed by atoms with van der Waals surface area (Å²) >= 11 is 0. The summed E-state index contributed by atoms with van der Waals surface area (Å²) in [6.45, 7) is 2.00. The summed E-state index contributed by atoms with van der Waals surface area (Å²) in [5.74, 6) is -0.332. The summed E-state index contributed by atoms with van der Waals surface area (Å²) in [5.41, 5.74) is 2.23. The lowest BCUT2D eigenvalue weighted by Crippen LogP contribution is -2.47. The Morgan fingerprint density at radius 3 is 2.96 bits per heavy atom. The number of carbonyl (C=O) groups excluding carboxylic acids is 2. The van der Waals surface area contributed by atoms with Crippen molar-refractivity contribution in [2.75, 3.05) is 6.61 Å². The lowest BCUT2D eigenvalue weighted by atomic mass is 9.76. The van der Waals surface area contributed by atoms with Gasteiger partial charge in [0.25, 0.3) is 0 Å². The van der Waals surface area contributed by atoms with Gasteiger partial charge in [0.15, 0.2) is 11.6 Å². The van der Waals surface area contributed by atoms with Gasteiger partial charge in [-0.1, -0.05) is 24.3 Å². The lowest BCUT2D eigenvalue weighted by Gasteiger charge is -2.34. The molecule has 0 spiro atoms. The van der Waals surface area contributed by atoms with Crippen molar-refractivity contribution < 1.29 is 19.1 Å². The Hall–Kier alpha value is -1.98. The highest BCUT2D eigenvalue weighted by atomic mass is 16.7. The molecule has 0 unspecified atom stereocenters. The SMILES string of the molecule is CC(=O)[C@H]1[C@@H]2[C@H](C(=O)[C@H]3OC[C@@H]2O3)[C@@H]2c3ccccc3C=CN12. The molecule has 5 rings (SSSR count). The molecule has 2 bridgehead atoms. The van der Waals surface area contributed by atoms with Crippen LogP contribution in [0.2, 0.25) is 0 Å². The molecule has 4 heterocycles. The molecule has 23 heavy (non-hydrogen) atoms. The number of nitrogens with zero attached hydrogens (tertiary/aromatic N) is 1. The quantitative estimate of drug-likeness (QED) is 0.787. The topological polar surface area (TPSA) is 55.8 Å². The summed E-state index contributed by atoms with van der Waals surface area (Å²) in [6, 6.07) is 7.66. The van der Waals surface area contributed by atoms with Crippen molar-refractivity contribution in [3.63, 3.8) is 0 Å². The first-order valence-corrected chi connectivity index (χ1v) is 8.02. The molecule has 0 amide bonds. The van der Waals surface area contributed by atoms with Crippen molar-refractivity contribution in [1.29, 1.82) is 0 Å². The van der Waals surface area contributed by atoms with Gasteiger partial charge in [0, 0.05) is 12.1 Å². The van der Waals surface area contributed by atoms with Crippen molar-refractivity contribution in [2.24, 2.45) is 11.8 Å². The summed E-state index contributed by atoms with van der Waals surface area (Å²) in [6.07, 6.45) is 3.06. The van der Waals surface area contributed by atoms with Gasteiger partial charge < -0.3 is 14.4 Å². The fraction of sp³-hybridized carbons (Fsp3) is 0.444. The van der Waals surface area contributed by atoms with E-state index in [-0.39, 0.29) is 41.6 Å². The molecule has 5 nitrogen and oxygen atoms in total. The monoisotopic (exact) mass is 311 g/mol. The van der Waals surface area contributed by atoms with Crippen molar-refractivity contribution >= 4 is 17.6 Å². The molecule has 4 aliphatic heterocycles. The average molecular weight is 311 g/mol. The van der Waals surface area contributed by atoms with Crippen molar-refractivity contribution in [2.45, 2.75) is 31.4 Å². The van der Waals surface area contributed by atoms with Gasteiger partial charge in [-0.3, -0.25) is 9.59 Å². The zero-order valence-corrected chi connectivity index (χ0v) is 12.7. The number of ketones is 2. The van der Waals surface area contributed by atoms with Crippen LogP contribution in [0.3, 0.4) is 0 Å². The van der Waals surface area contributed by atoms with E-state index in [1.807, 2.05) is 30.5 Å². The second-order valence-corrected chi connectivity index (χ2v) is 6.74. The van der Waals surface area contributed by atoms with Crippen molar-refractivity contribution in [3.05, 3.63) is 41.6 Å². The molecule has 1 aromatic rings. The standard InChI is InChI=1S/C18H17NO4/c1-9(20)15-13-12-8-22-18(23-12)17(21)14(13)16-11-5-3-2-4-10(11)6-7-19(15)16/h2-7,12-16,18H,8H2,1H3/t12-,13-,14-,15-,16-,18-/m0/s1. The molecule has 1 aromatic carbocycles. The maximum atomic E-state index is 12.9. The van der Waals surface area contributed by atoms with Gasteiger partial charge in [0.2, 0.25) is 6.29 Å². The summed E-state index contributed by atoms with van der Waals surface area (Å²) in [4.78, 5) is 27.3.